The number of anilines is 1. The number of carbonyl (C=O) groups is 2. The minimum Gasteiger partial charge on any atom is -0.393 e. The van der Waals surface area contributed by atoms with Crippen LogP contribution in [0.4, 0.5) is 32.0 Å². The number of alkyl halides is 6. The predicted molar refractivity (Wildman–Crippen MR) is 153 cm³/mol. The molecule has 0 saturated carbocycles. The van der Waals surface area contributed by atoms with Gasteiger partial charge in [-0.25, -0.2) is 0 Å². The average Bonchev–Trinajstić information content (AvgIpc) is 2.96. The van der Waals surface area contributed by atoms with Gasteiger partial charge in [0.15, 0.2) is 0 Å². The highest BCUT2D eigenvalue weighted by atomic mass is 32.2. The van der Waals surface area contributed by atoms with E-state index in [-0.39, 0.29) is 31.6 Å². The first kappa shape index (κ1) is 33.7. The fourth-order valence-electron chi connectivity index (χ4n) is 5.26. The van der Waals surface area contributed by atoms with Crippen LogP contribution in [0.25, 0.3) is 6.08 Å². The first-order chi connectivity index (χ1) is 20.8. The molecular weight excluding hydrogens is 612 g/mol. The number of hydrogen-bond donors (Lipinski definition) is 2. The second-order valence-electron chi connectivity index (χ2n) is 10.7. The first-order valence-corrected chi connectivity index (χ1v) is 14.9. The molecule has 0 unspecified atom stereocenters. The number of piperidine rings is 2. The molecule has 4 rings (SSSR count). The van der Waals surface area contributed by atoms with Crippen LogP contribution in [0.3, 0.4) is 0 Å². The van der Waals surface area contributed by atoms with Gasteiger partial charge in [-0.2, -0.15) is 26.3 Å². The number of halogens is 6. The van der Waals surface area contributed by atoms with Crippen molar-refractivity contribution in [3.8, 4) is 0 Å². The summed E-state index contributed by atoms with van der Waals surface area (Å²) in [6, 6.07) is 8.31. The highest BCUT2D eigenvalue weighted by Crippen LogP contribution is 2.48. The molecule has 2 saturated heterocycles. The van der Waals surface area contributed by atoms with Crippen LogP contribution < -0.4 is 5.32 Å². The smallest absolute Gasteiger partial charge is 0.393 e. The monoisotopic (exact) mass is 645 g/mol. The second-order valence-corrected chi connectivity index (χ2v) is 11.8. The van der Waals surface area contributed by atoms with E-state index in [2.05, 4.69) is 5.32 Å². The molecule has 240 valence electrons. The van der Waals surface area contributed by atoms with E-state index in [1.54, 1.807) is 23.1 Å². The summed E-state index contributed by atoms with van der Waals surface area (Å²) >= 11 is 0.564. The molecular formula is C30H33F6N3O4S. The maximum atomic E-state index is 14.3. The van der Waals surface area contributed by atoms with E-state index in [4.69, 9.17) is 4.74 Å². The number of methoxy groups -OCH3 is 1. The van der Waals surface area contributed by atoms with Crippen molar-refractivity contribution in [2.75, 3.05) is 45.2 Å². The van der Waals surface area contributed by atoms with Crippen molar-refractivity contribution < 1.29 is 45.8 Å². The SMILES string of the molecule is COCC(=O)N1CCC(Nc2cccc(Sc3ccc(/C=C/C(=O)N4CCC(O)CC4)c(C(F)(F)F)c3C(F)(F)F)c2)CC1. The molecule has 44 heavy (non-hydrogen) atoms. The van der Waals surface area contributed by atoms with E-state index in [9.17, 15) is 41.0 Å². The van der Waals surface area contributed by atoms with E-state index >= 15 is 0 Å². The summed E-state index contributed by atoms with van der Waals surface area (Å²) in [5.41, 5.74) is -3.87. The predicted octanol–water partition coefficient (Wildman–Crippen LogP) is 5.92. The van der Waals surface area contributed by atoms with Gasteiger partial charge in [0.1, 0.15) is 6.61 Å². The van der Waals surface area contributed by atoms with Crippen molar-refractivity contribution in [2.24, 2.45) is 0 Å². The van der Waals surface area contributed by atoms with E-state index in [0.717, 1.165) is 24.3 Å². The fourth-order valence-corrected chi connectivity index (χ4v) is 6.31. The standard InChI is InChI=1S/C30H33F6N3O4S/c1-43-18-26(42)39-13-9-20(10-14-39)37-21-3-2-4-23(17-21)44-24-7-5-19(27(29(31,32)33)28(24)30(34,35)36)6-8-25(41)38-15-11-22(40)12-16-38/h2-8,17,20,22,37,40H,9-16,18H2,1H3/b8-6+. The van der Waals surface area contributed by atoms with Gasteiger partial charge in [0.2, 0.25) is 11.8 Å². The topological polar surface area (TPSA) is 82.1 Å². The zero-order valence-corrected chi connectivity index (χ0v) is 24.7. The van der Waals surface area contributed by atoms with Crippen LogP contribution in [0.2, 0.25) is 0 Å². The summed E-state index contributed by atoms with van der Waals surface area (Å²) in [5, 5.41) is 12.9. The zero-order chi connectivity index (χ0) is 32.1. The first-order valence-electron chi connectivity index (χ1n) is 14.0. The van der Waals surface area contributed by atoms with Crippen molar-refractivity contribution in [2.45, 2.75) is 60.0 Å². The maximum absolute atomic E-state index is 14.3. The number of aliphatic hydroxyl groups excluding tert-OH is 1. The van der Waals surface area contributed by atoms with Crippen molar-refractivity contribution in [1.82, 2.24) is 9.80 Å². The molecule has 0 spiro atoms. The van der Waals surface area contributed by atoms with E-state index < -0.39 is 45.9 Å². The summed E-state index contributed by atoms with van der Waals surface area (Å²) in [7, 11) is 1.44. The molecule has 2 aromatic rings. The fraction of sp³-hybridized carbons (Fsp3) is 0.467. The number of amides is 2. The average molecular weight is 646 g/mol. The van der Waals surface area contributed by atoms with Gasteiger partial charge in [-0.1, -0.05) is 23.9 Å². The molecule has 2 aliphatic heterocycles. The summed E-state index contributed by atoms with van der Waals surface area (Å²) in [6.07, 6.45) is -7.79. The molecule has 2 amide bonds. The molecule has 0 bridgehead atoms. The van der Waals surface area contributed by atoms with E-state index in [1.807, 2.05) is 0 Å². The Hall–Kier alpha value is -3.23. The molecule has 0 aliphatic carbocycles. The normalized spacial score (nSPS) is 17.4. The molecule has 0 atom stereocenters. The number of rotatable bonds is 8. The molecule has 0 radical (unpaired) electrons. The molecule has 2 N–H and O–H groups in total. The van der Waals surface area contributed by atoms with Gasteiger partial charge in [-0.15, -0.1) is 0 Å². The lowest BCUT2D eigenvalue weighted by Crippen LogP contribution is -2.43. The summed E-state index contributed by atoms with van der Waals surface area (Å²) in [5.74, 6) is -0.757. The Balaban J connectivity index is 1.55. The quantitative estimate of drug-likeness (QED) is 0.274. The minimum absolute atomic E-state index is 0.00630. The van der Waals surface area contributed by atoms with Crippen molar-refractivity contribution >= 4 is 35.3 Å². The maximum Gasteiger partial charge on any atom is 0.418 e. The number of aliphatic hydroxyl groups is 1. The van der Waals surface area contributed by atoms with Gasteiger partial charge in [-0.05, 0) is 61.6 Å². The molecule has 2 fully saturated rings. The van der Waals surface area contributed by atoms with Crippen LogP contribution in [0.1, 0.15) is 42.4 Å². The number of nitrogens with zero attached hydrogens (tertiary/aromatic N) is 2. The number of ether oxygens (including phenoxy) is 1. The third kappa shape index (κ3) is 8.69. The van der Waals surface area contributed by atoms with Gasteiger partial charge in [0.05, 0.1) is 17.2 Å². The Morgan fingerprint density at radius 3 is 2.20 bits per heavy atom. The molecule has 2 aromatic carbocycles. The van der Waals surface area contributed by atoms with Crippen LogP contribution >= 0.6 is 11.8 Å². The number of nitrogens with one attached hydrogen (secondary N) is 1. The lowest BCUT2D eigenvalue weighted by atomic mass is 9.99. The van der Waals surface area contributed by atoms with Crippen LogP contribution in [0.5, 0.6) is 0 Å². The van der Waals surface area contributed by atoms with Gasteiger partial charge >= 0.3 is 12.4 Å². The largest absolute Gasteiger partial charge is 0.418 e. The number of hydrogen-bond acceptors (Lipinski definition) is 6. The highest BCUT2D eigenvalue weighted by molar-refractivity contribution is 7.99. The van der Waals surface area contributed by atoms with E-state index in [0.29, 0.717) is 61.1 Å². The van der Waals surface area contributed by atoms with Crippen molar-refractivity contribution in [1.29, 1.82) is 0 Å². The third-order valence-electron chi connectivity index (χ3n) is 7.50. The number of benzene rings is 2. The van der Waals surface area contributed by atoms with Crippen LogP contribution in [0.15, 0.2) is 52.3 Å². The Bertz CT molecular complexity index is 1350. The van der Waals surface area contributed by atoms with Gasteiger partial charge in [0, 0.05) is 60.9 Å². The minimum atomic E-state index is -5.36. The number of carbonyl (C=O) groups excluding carboxylic acids is 2. The molecule has 2 heterocycles. The van der Waals surface area contributed by atoms with Crippen LogP contribution in [-0.2, 0) is 26.7 Å². The van der Waals surface area contributed by atoms with Gasteiger partial charge < -0.3 is 25.0 Å². The van der Waals surface area contributed by atoms with E-state index in [1.165, 1.54) is 18.1 Å². The zero-order valence-electron chi connectivity index (χ0n) is 23.9. The molecule has 14 heteroatoms. The molecule has 7 nitrogen and oxygen atoms in total. The van der Waals surface area contributed by atoms with Crippen LogP contribution in [-0.4, -0.2) is 78.8 Å². The van der Waals surface area contributed by atoms with Crippen LogP contribution in [0, 0.1) is 0 Å². The lowest BCUT2D eigenvalue weighted by Gasteiger charge is -2.32. The van der Waals surface area contributed by atoms with Gasteiger partial charge in [0.25, 0.3) is 0 Å². The lowest BCUT2D eigenvalue weighted by molar-refractivity contribution is -0.163. The van der Waals surface area contributed by atoms with Crippen molar-refractivity contribution in [3.63, 3.8) is 0 Å². The Labute approximate surface area is 255 Å². The van der Waals surface area contributed by atoms with Gasteiger partial charge in [-0.3, -0.25) is 9.59 Å². The summed E-state index contributed by atoms with van der Waals surface area (Å²) < 4.78 is 90.4. The second kappa shape index (κ2) is 14.2. The molecule has 0 aromatic heterocycles. The Kier molecular flexibility index (Phi) is 10.9. The highest BCUT2D eigenvalue weighted by Gasteiger charge is 2.46. The number of likely N-dealkylation sites (tertiary alicyclic amines) is 2. The third-order valence-corrected chi connectivity index (χ3v) is 8.55. The Morgan fingerprint density at radius 1 is 0.955 bits per heavy atom. The summed E-state index contributed by atoms with van der Waals surface area (Å²) in [6.45, 7) is 1.41. The molecule has 2 aliphatic rings. The van der Waals surface area contributed by atoms with Crippen molar-refractivity contribution in [3.05, 3.63) is 59.2 Å². The summed E-state index contributed by atoms with van der Waals surface area (Å²) in [4.78, 5) is 27.2. The Morgan fingerprint density at radius 2 is 1.59 bits per heavy atom.